The predicted molar refractivity (Wildman–Crippen MR) is 118 cm³/mol. The van der Waals surface area contributed by atoms with Crippen molar-refractivity contribution < 1.29 is 34.2 Å². The van der Waals surface area contributed by atoms with Crippen LogP contribution < -0.4 is 33.2 Å². The molecule has 0 aromatic heterocycles. The summed E-state index contributed by atoms with van der Waals surface area (Å²) in [6, 6.07) is -3.58. The first kappa shape index (κ1) is 28.9. The average molecular weight is 478 g/mol. The molecular formula is C17H31N7O7S. The lowest BCUT2D eigenvalue weighted by Crippen LogP contribution is -2.54. The maximum atomic E-state index is 12.6. The number of guanidine groups is 1. The largest absolute Gasteiger partial charge is 0.481 e. The first-order valence-electron chi connectivity index (χ1n) is 9.59. The number of rotatable bonds is 16. The van der Waals surface area contributed by atoms with Gasteiger partial charge in [-0.2, -0.15) is 11.8 Å². The third kappa shape index (κ3) is 13.3. The molecule has 0 spiro atoms. The Hall–Kier alpha value is -3.07. The van der Waals surface area contributed by atoms with E-state index < -0.39 is 60.8 Å². The summed E-state index contributed by atoms with van der Waals surface area (Å²) < 4.78 is 0. The quantitative estimate of drug-likeness (QED) is 0.0622. The van der Waals surface area contributed by atoms with Crippen molar-refractivity contribution in [3.8, 4) is 0 Å². The van der Waals surface area contributed by atoms with Crippen LogP contribution in [0.4, 0.5) is 0 Å². The normalized spacial score (nSPS) is 13.2. The molecule has 0 saturated carbocycles. The van der Waals surface area contributed by atoms with Crippen molar-refractivity contribution in [2.24, 2.45) is 22.2 Å². The van der Waals surface area contributed by atoms with Gasteiger partial charge in [-0.05, 0) is 31.3 Å². The first-order valence-corrected chi connectivity index (χ1v) is 11.0. The molecule has 3 atom stereocenters. The number of thioether (sulfide) groups is 1. The highest BCUT2D eigenvalue weighted by Gasteiger charge is 2.26. The Morgan fingerprint density at radius 2 is 1.66 bits per heavy atom. The van der Waals surface area contributed by atoms with E-state index >= 15 is 0 Å². The van der Waals surface area contributed by atoms with E-state index in [0.717, 1.165) is 0 Å². The second-order valence-corrected chi connectivity index (χ2v) is 7.66. The van der Waals surface area contributed by atoms with Gasteiger partial charge in [0.1, 0.15) is 12.1 Å². The molecule has 0 aromatic carbocycles. The third-order valence-corrected chi connectivity index (χ3v) is 4.62. The third-order valence-electron chi connectivity index (χ3n) is 3.98. The number of hydrogen-bond acceptors (Lipinski definition) is 8. The number of aliphatic carboxylic acids is 2. The van der Waals surface area contributed by atoms with Gasteiger partial charge in [0.2, 0.25) is 17.7 Å². The maximum absolute atomic E-state index is 12.6. The van der Waals surface area contributed by atoms with E-state index in [1.807, 2.05) is 0 Å². The second kappa shape index (κ2) is 15.7. The molecule has 0 aliphatic heterocycles. The molecule has 3 amide bonds. The summed E-state index contributed by atoms with van der Waals surface area (Å²) in [6.45, 7) is -0.339. The fourth-order valence-corrected chi connectivity index (χ4v) is 2.83. The summed E-state index contributed by atoms with van der Waals surface area (Å²) in [5, 5.41) is 25.0. The molecule has 0 aliphatic rings. The van der Waals surface area contributed by atoms with Crippen molar-refractivity contribution in [2.45, 2.75) is 43.8 Å². The molecule has 0 fully saturated rings. The summed E-state index contributed by atoms with van der Waals surface area (Å²) >= 11 is 1.42. The molecule has 0 rings (SSSR count). The van der Waals surface area contributed by atoms with Gasteiger partial charge in [0.25, 0.3) is 0 Å². The Morgan fingerprint density at radius 1 is 1.00 bits per heavy atom. The highest BCUT2D eigenvalue weighted by Crippen LogP contribution is 2.04. The Morgan fingerprint density at radius 3 is 2.19 bits per heavy atom. The molecule has 11 N–H and O–H groups in total. The Bertz CT molecular complexity index is 701. The summed E-state index contributed by atoms with van der Waals surface area (Å²) in [6.07, 6.45) is 1.78. The Balaban J connectivity index is 4.87. The van der Waals surface area contributed by atoms with Gasteiger partial charge in [-0.1, -0.05) is 0 Å². The van der Waals surface area contributed by atoms with Crippen LogP contribution in [0.5, 0.6) is 0 Å². The van der Waals surface area contributed by atoms with Crippen LogP contribution in [0.25, 0.3) is 0 Å². The standard InChI is InChI=1S/C17H31N7O7S/c1-32-6-4-10(23-12(25)8-22-14(28)9(18)7-13(26)27)15(29)24-11(16(30)31)3-2-5-21-17(19)20/h9-11H,2-8,18H2,1H3,(H,22,28)(H,23,25)(H,24,29)(H,26,27)(H,30,31)(H4,19,20,21). The lowest BCUT2D eigenvalue weighted by atomic mass is 10.1. The minimum atomic E-state index is -1.33. The van der Waals surface area contributed by atoms with Gasteiger partial charge in [-0.25, -0.2) is 4.79 Å². The molecule has 0 aromatic rings. The minimum absolute atomic E-state index is 0.0680. The van der Waals surface area contributed by atoms with Gasteiger partial charge in [-0.3, -0.25) is 24.2 Å². The Kier molecular flexibility index (Phi) is 14.2. The lowest BCUT2D eigenvalue weighted by molar-refractivity contribution is -0.142. The van der Waals surface area contributed by atoms with Crippen molar-refractivity contribution in [3.05, 3.63) is 0 Å². The van der Waals surface area contributed by atoms with Gasteiger partial charge in [0.15, 0.2) is 5.96 Å². The van der Waals surface area contributed by atoms with E-state index in [-0.39, 0.29) is 25.3 Å². The number of carboxylic acids is 2. The summed E-state index contributed by atoms with van der Waals surface area (Å²) in [5.74, 6) is -4.40. The average Bonchev–Trinajstić information content (AvgIpc) is 2.70. The van der Waals surface area contributed by atoms with Crippen LogP contribution in [-0.2, 0) is 24.0 Å². The smallest absolute Gasteiger partial charge is 0.326 e. The van der Waals surface area contributed by atoms with Crippen LogP contribution in [0, 0.1) is 0 Å². The summed E-state index contributed by atoms with van der Waals surface area (Å²) in [5.41, 5.74) is 15.8. The van der Waals surface area contributed by atoms with E-state index in [1.54, 1.807) is 6.26 Å². The zero-order valence-electron chi connectivity index (χ0n) is 17.7. The first-order chi connectivity index (χ1) is 15.0. The van der Waals surface area contributed by atoms with Gasteiger partial charge in [-0.15, -0.1) is 0 Å². The van der Waals surface area contributed by atoms with E-state index in [0.29, 0.717) is 12.2 Å². The number of carbonyl (C=O) groups is 5. The number of amides is 3. The van der Waals surface area contributed by atoms with Crippen molar-refractivity contribution in [2.75, 3.05) is 25.1 Å². The maximum Gasteiger partial charge on any atom is 0.326 e. The zero-order chi connectivity index (χ0) is 24.7. The van der Waals surface area contributed by atoms with E-state index in [9.17, 15) is 29.1 Å². The van der Waals surface area contributed by atoms with Crippen LogP contribution in [-0.4, -0.2) is 89.1 Å². The molecule has 3 unspecified atom stereocenters. The lowest BCUT2D eigenvalue weighted by Gasteiger charge is -2.21. The van der Waals surface area contributed by atoms with E-state index in [2.05, 4.69) is 20.9 Å². The number of carboxylic acid groups (broad SMARTS) is 2. The number of aliphatic imine (C=N–C) groups is 1. The van der Waals surface area contributed by atoms with Crippen LogP contribution >= 0.6 is 11.8 Å². The van der Waals surface area contributed by atoms with Crippen molar-refractivity contribution >= 4 is 47.4 Å². The molecule has 32 heavy (non-hydrogen) atoms. The van der Waals surface area contributed by atoms with E-state index in [1.165, 1.54) is 11.8 Å². The number of nitrogens with zero attached hydrogens (tertiary/aromatic N) is 1. The van der Waals surface area contributed by atoms with Crippen molar-refractivity contribution in [1.29, 1.82) is 0 Å². The molecule has 15 heteroatoms. The van der Waals surface area contributed by atoms with Crippen LogP contribution in [0.3, 0.4) is 0 Å². The van der Waals surface area contributed by atoms with Gasteiger partial charge in [0, 0.05) is 6.54 Å². The topological polar surface area (TPSA) is 252 Å². The fraction of sp³-hybridized carbons (Fsp3) is 0.647. The van der Waals surface area contributed by atoms with E-state index in [4.69, 9.17) is 22.3 Å². The molecule has 0 saturated heterocycles. The SMILES string of the molecule is CSCCC(NC(=O)CNC(=O)C(N)CC(=O)O)C(=O)NC(CCCN=C(N)N)C(=O)O. The highest BCUT2D eigenvalue weighted by molar-refractivity contribution is 7.98. The van der Waals surface area contributed by atoms with Gasteiger partial charge in [0.05, 0.1) is 19.0 Å². The number of hydrogen-bond donors (Lipinski definition) is 8. The van der Waals surface area contributed by atoms with Gasteiger partial charge < -0.3 is 43.4 Å². The van der Waals surface area contributed by atoms with Crippen LogP contribution in [0.1, 0.15) is 25.7 Å². The molecule has 14 nitrogen and oxygen atoms in total. The number of carbonyl (C=O) groups excluding carboxylic acids is 3. The van der Waals surface area contributed by atoms with Gasteiger partial charge >= 0.3 is 11.9 Å². The molecule has 0 bridgehead atoms. The highest BCUT2D eigenvalue weighted by atomic mass is 32.2. The molecule has 0 aliphatic carbocycles. The summed E-state index contributed by atoms with van der Waals surface area (Å²) in [7, 11) is 0. The molecular weight excluding hydrogens is 446 g/mol. The fourth-order valence-electron chi connectivity index (χ4n) is 2.36. The second-order valence-electron chi connectivity index (χ2n) is 6.67. The van der Waals surface area contributed by atoms with Crippen molar-refractivity contribution in [1.82, 2.24) is 16.0 Å². The van der Waals surface area contributed by atoms with Crippen LogP contribution in [0.2, 0.25) is 0 Å². The van der Waals surface area contributed by atoms with Crippen LogP contribution in [0.15, 0.2) is 4.99 Å². The minimum Gasteiger partial charge on any atom is -0.481 e. The molecule has 0 radical (unpaired) electrons. The monoisotopic (exact) mass is 477 g/mol. The molecule has 0 heterocycles. The molecule has 182 valence electrons. The predicted octanol–water partition coefficient (Wildman–Crippen LogP) is -3.23. The Labute approximate surface area is 189 Å². The number of nitrogens with one attached hydrogen (secondary N) is 3. The number of nitrogens with two attached hydrogens (primary N) is 3. The zero-order valence-corrected chi connectivity index (χ0v) is 18.5. The summed E-state index contributed by atoms with van der Waals surface area (Å²) in [4.78, 5) is 62.2. The van der Waals surface area contributed by atoms with Crippen molar-refractivity contribution in [3.63, 3.8) is 0 Å².